The zero-order chi connectivity index (χ0) is 13.1. The lowest BCUT2D eigenvalue weighted by atomic mass is 10.1. The fraction of sp³-hybridized carbons (Fsp3) is 0.455. The van der Waals surface area contributed by atoms with E-state index in [1.807, 2.05) is 0 Å². The van der Waals surface area contributed by atoms with E-state index in [4.69, 9.17) is 9.84 Å². The van der Waals surface area contributed by atoms with Crippen LogP contribution in [-0.2, 0) is 0 Å². The van der Waals surface area contributed by atoms with Gasteiger partial charge < -0.3 is 15.2 Å². The van der Waals surface area contributed by atoms with Crippen molar-refractivity contribution < 1.29 is 14.8 Å². The highest BCUT2D eigenvalue weighted by atomic mass is 16.6. The van der Waals surface area contributed by atoms with Crippen LogP contribution >= 0.6 is 0 Å². The van der Waals surface area contributed by atoms with E-state index in [2.05, 4.69) is 5.32 Å². The molecule has 0 spiro atoms. The Bertz CT molecular complexity index is 418. The molecule has 17 heavy (non-hydrogen) atoms. The largest absolute Gasteiger partial charge is 0.496 e. The molecule has 0 aliphatic carbocycles. The van der Waals surface area contributed by atoms with Crippen molar-refractivity contribution in [2.45, 2.75) is 19.4 Å². The van der Waals surface area contributed by atoms with Gasteiger partial charge in [0.2, 0.25) is 0 Å². The number of methoxy groups -OCH3 is 1. The molecule has 0 amide bonds. The Morgan fingerprint density at radius 1 is 1.53 bits per heavy atom. The number of ether oxygens (including phenoxy) is 1. The molecule has 1 rings (SSSR count). The lowest BCUT2D eigenvalue weighted by Crippen LogP contribution is -2.35. The molecule has 0 saturated heterocycles. The van der Waals surface area contributed by atoms with Gasteiger partial charge in [-0.15, -0.1) is 0 Å². The summed E-state index contributed by atoms with van der Waals surface area (Å²) in [6, 6.07) is 4.53. The summed E-state index contributed by atoms with van der Waals surface area (Å²) in [4.78, 5) is 10.4. The Kier molecular flexibility index (Phi) is 3.90. The van der Waals surface area contributed by atoms with Gasteiger partial charge in [-0.3, -0.25) is 10.1 Å². The summed E-state index contributed by atoms with van der Waals surface area (Å²) in [5, 5.41) is 23.0. The summed E-state index contributed by atoms with van der Waals surface area (Å²) in [7, 11) is 1.45. The van der Waals surface area contributed by atoms with Crippen molar-refractivity contribution in [2.24, 2.45) is 0 Å². The minimum Gasteiger partial charge on any atom is -0.496 e. The minimum atomic E-state index is -0.626. The number of aliphatic hydroxyl groups excluding tert-OH is 1. The average Bonchev–Trinajstić information content (AvgIpc) is 2.29. The van der Waals surface area contributed by atoms with E-state index in [9.17, 15) is 10.1 Å². The lowest BCUT2D eigenvalue weighted by molar-refractivity contribution is -0.384. The van der Waals surface area contributed by atoms with E-state index in [1.54, 1.807) is 26.0 Å². The molecule has 0 saturated carbocycles. The normalized spacial score (nSPS) is 11.1. The summed E-state index contributed by atoms with van der Waals surface area (Å²) in [5.74, 6) is 0.420. The summed E-state index contributed by atoms with van der Waals surface area (Å²) in [6.45, 7) is 3.37. The third-order valence-corrected chi connectivity index (χ3v) is 2.27. The Morgan fingerprint density at radius 3 is 2.65 bits per heavy atom. The van der Waals surface area contributed by atoms with Crippen LogP contribution in [0.25, 0.3) is 0 Å². The highest BCUT2D eigenvalue weighted by Crippen LogP contribution is 2.30. The van der Waals surface area contributed by atoms with Crippen molar-refractivity contribution in [1.82, 2.24) is 0 Å². The molecule has 1 aromatic carbocycles. The molecule has 94 valence electrons. The second-order valence-electron chi connectivity index (χ2n) is 4.31. The van der Waals surface area contributed by atoms with E-state index in [1.165, 1.54) is 13.2 Å². The van der Waals surface area contributed by atoms with Gasteiger partial charge in [0, 0.05) is 0 Å². The maximum Gasteiger partial charge on any atom is 0.296 e. The zero-order valence-corrected chi connectivity index (χ0v) is 10.1. The summed E-state index contributed by atoms with van der Waals surface area (Å²) >= 11 is 0. The van der Waals surface area contributed by atoms with Crippen LogP contribution in [-0.4, -0.2) is 29.3 Å². The van der Waals surface area contributed by atoms with Gasteiger partial charge in [-0.1, -0.05) is 0 Å². The van der Waals surface area contributed by atoms with Crippen LogP contribution in [0.4, 0.5) is 11.4 Å². The van der Waals surface area contributed by atoms with Crippen molar-refractivity contribution in [3.05, 3.63) is 28.3 Å². The van der Waals surface area contributed by atoms with Gasteiger partial charge in [0.1, 0.15) is 11.4 Å². The second-order valence-corrected chi connectivity index (χ2v) is 4.31. The lowest BCUT2D eigenvalue weighted by Gasteiger charge is -2.24. The smallest absolute Gasteiger partial charge is 0.296 e. The van der Waals surface area contributed by atoms with Crippen molar-refractivity contribution >= 4 is 11.4 Å². The topological polar surface area (TPSA) is 84.6 Å². The Hall–Kier alpha value is -1.82. The quantitative estimate of drug-likeness (QED) is 0.605. The minimum absolute atomic E-state index is 0.0779. The van der Waals surface area contributed by atoms with Crippen molar-refractivity contribution in [2.75, 3.05) is 19.0 Å². The second kappa shape index (κ2) is 5.01. The molecule has 6 heteroatoms. The maximum atomic E-state index is 10.9. The number of nitrogens with one attached hydrogen (secondary N) is 1. The van der Waals surface area contributed by atoms with E-state index >= 15 is 0 Å². The van der Waals surface area contributed by atoms with Crippen molar-refractivity contribution in [3.63, 3.8) is 0 Å². The predicted octanol–water partition coefficient (Wildman–Crippen LogP) is 1.79. The van der Waals surface area contributed by atoms with Crippen LogP contribution in [0.3, 0.4) is 0 Å². The predicted molar refractivity (Wildman–Crippen MR) is 64.4 cm³/mol. The van der Waals surface area contributed by atoms with Crippen LogP contribution < -0.4 is 10.1 Å². The molecule has 2 N–H and O–H groups in total. The highest BCUT2D eigenvalue weighted by Gasteiger charge is 2.22. The first kappa shape index (κ1) is 13.2. The average molecular weight is 240 g/mol. The fourth-order valence-electron chi connectivity index (χ4n) is 1.30. The summed E-state index contributed by atoms with van der Waals surface area (Å²) in [6.07, 6.45) is 0. The SMILES string of the molecule is COc1ccc(NC(C)(C)CO)c([N+](=O)[O-])c1. The van der Waals surface area contributed by atoms with Gasteiger partial charge in [-0.2, -0.15) is 0 Å². The first-order valence-electron chi connectivity index (χ1n) is 5.11. The maximum absolute atomic E-state index is 10.9. The third kappa shape index (κ3) is 3.32. The molecule has 1 aromatic rings. The van der Waals surface area contributed by atoms with Gasteiger partial charge in [-0.25, -0.2) is 0 Å². The first-order chi connectivity index (χ1) is 7.89. The molecule has 0 heterocycles. The molecule has 0 atom stereocenters. The monoisotopic (exact) mass is 240 g/mol. The number of rotatable bonds is 5. The molecular formula is C11H16N2O4. The molecule has 0 bridgehead atoms. The number of aliphatic hydroxyl groups is 1. The zero-order valence-electron chi connectivity index (χ0n) is 10.1. The third-order valence-electron chi connectivity index (χ3n) is 2.27. The van der Waals surface area contributed by atoms with Gasteiger partial charge >= 0.3 is 0 Å². The molecule has 6 nitrogen and oxygen atoms in total. The van der Waals surface area contributed by atoms with Crippen LogP contribution in [0.5, 0.6) is 5.75 Å². The van der Waals surface area contributed by atoms with Gasteiger partial charge in [0.25, 0.3) is 5.69 Å². The summed E-state index contributed by atoms with van der Waals surface area (Å²) in [5.41, 5.74) is -0.347. The van der Waals surface area contributed by atoms with Crippen LogP contribution in [0.1, 0.15) is 13.8 Å². The molecule has 0 aliphatic heterocycles. The molecule has 0 unspecified atom stereocenters. The van der Waals surface area contributed by atoms with Crippen molar-refractivity contribution in [3.8, 4) is 5.75 Å². The Balaban J connectivity index is 3.11. The summed E-state index contributed by atoms with van der Waals surface area (Å²) < 4.78 is 4.93. The van der Waals surface area contributed by atoms with Crippen LogP contribution in [0, 0.1) is 10.1 Å². The molecule has 0 aliphatic rings. The van der Waals surface area contributed by atoms with Crippen LogP contribution in [0.2, 0.25) is 0 Å². The van der Waals surface area contributed by atoms with Gasteiger partial charge in [-0.05, 0) is 26.0 Å². The highest BCUT2D eigenvalue weighted by molar-refractivity contribution is 5.64. The van der Waals surface area contributed by atoms with Gasteiger partial charge in [0.05, 0.1) is 30.2 Å². The number of hydrogen-bond acceptors (Lipinski definition) is 5. The molecule has 0 aromatic heterocycles. The molecule has 0 fully saturated rings. The molecule has 0 radical (unpaired) electrons. The fourth-order valence-corrected chi connectivity index (χ4v) is 1.30. The van der Waals surface area contributed by atoms with E-state index in [0.29, 0.717) is 11.4 Å². The Labute approximate surface area is 99.4 Å². The number of anilines is 1. The molecular weight excluding hydrogens is 224 g/mol. The van der Waals surface area contributed by atoms with E-state index in [0.717, 1.165) is 0 Å². The number of hydrogen-bond donors (Lipinski definition) is 2. The first-order valence-corrected chi connectivity index (χ1v) is 5.11. The van der Waals surface area contributed by atoms with Gasteiger partial charge in [0.15, 0.2) is 0 Å². The number of nitrogens with zero attached hydrogens (tertiary/aromatic N) is 1. The Morgan fingerprint density at radius 2 is 2.18 bits per heavy atom. The number of benzene rings is 1. The van der Waals surface area contributed by atoms with E-state index in [-0.39, 0.29) is 12.3 Å². The number of nitro groups is 1. The number of nitro benzene ring substituents is 1. The van der Waals surface area contributed by atoms with Crippen LogP contribution in [0.15, 0.2) is 18.2 Å². The van der Waals surface area contributed by atoms with Crippen molar-refractivity contribution in [1.29, 1.82) is 0 Å². The standard InChI is InChI=1S/C11H16N2O4/c1-11(2,7-14)12-9-5-4-8(17-3)6-10(9)13(15)16/h4-6,12,14H,7H2,1-3H3. The van der Waals surface area contributed by atoms with E-state index < -0.39 is 10.5 Å².